The van der Waals surface area contributed by atoms with Gasteiger partial charge < -0.3 is 14.8 Å². The molecule has 0 spiro atoms. The first-order valence-corrected chi connectivity index (χ1v) is 8.09. The van der Waals surface area contributed by atoms with E-state index in [1.807, 2.05) is 0 Å². The van der Waals surface area contributed by atoms with E-state index >= 15 is 0 Å². The smallest absolute Gasteiger partial charge is 0.224 e. The molecule has 1 N–H and O–H groups in total. The van der Waals surface area contributed by atoms with E-state index in [2.05, 4.69) is 5.32 Å². The molecule has 0 saturated carbocycles. The fourth-order valence-electron chi connectivity index (χ4n) is 2.47. The highest BCUT2D eigenvalue weighted by atomic mass is 35.5. The molecule has 0 fully saturated rings. The normalized spacial score (nSPS) is 13.2. The highest BCUT2D eigenvalue weighted by Gasteiger charge is 2.16. The van der Waals surface area contributed by atoms with Gasteiger partial charge in [-0.25, -0.2) is 4.39 Å². The summed E-state index contributed by atoms with van der Waals surface area (Å²) in [4.78, 5) is 12.1. The van der Waals surface area contributed by atoms with Crippen LogP contribution in [0.15, 0.2) is 36.4 Å². The maximum absolute atomic E-state index is 13.5. The number of hydrogen-bond acceptors (Lipinski definition) is 3. The first kappa shape index (κ1) is 16.6. The monoisotopic (exact) mass is 349 g/mol. The van der Waals surface area contributed by atoms with Crippen LogP contribution in [0, 0.1) is 5.82 Å². The molecule has 1 aliphatic heterocycles. The lowest BCUT2D eigenvalue weighted by Gasteiger charge is -2.12. The van der Waals surface area contributed by atoms with Gasteiger partial charge in [-0.2, -0.15) is 0 Å². The summed E-state index contributed by atoms with van der Waals surface area (Å²) in [6, 6.07) is 9.80. The highest BCUT2D eigenvalue weighted by molar-refractivity contribution is 6.32. The number of carbonyl (C=O) groups is 1. The first-order valence-electron chi connectivity index (χ1n) is 7.71. The lowest BCUT2D eigenvalue weighted by molar-refractivity contribution is -0.120. The maximum atomic E-state index is 13.5. The molecule has 1 aliphatic rings. The molecular weight excluding hydrogens is 333 g/mol. The molecular formula is C18H17ClFNO3. The molecule has 4 nitrogen and oxygen atoms in total. The topological polar surface area (TPSA) is 47.6 Å². The van der Waals surface area contributed by atoms with Gasteiger partial charge >= 0.3 is 0 Å². The minimum absolute atomic E-state index is 0.130. The Morgan fingerprint density at radius 2 is 2.00 bits per heavy atom. The van der Waals surface area contributed by atoms with E-state index in [-0.39, 0.29) is 24.7 Å². The number of carbonyl (C=O) groups excluding carboxylic acids is 1. The summed E-state index contributed by atoms with van der Waals surface area (Å²) in [6.45, 7) is 1.24. The van der Waals surface area contributed by atoms with Crippen molar-refractivity contribution in [2.24, 2.45) is 0 Å². The molecule has 0 saturated heterocycles. The number of hydrogen-bond donors (Lipinski definition) is 1. The molecule has 1 heterocycles. The van der Waals surface area contributed by atoms with E-state index in [1.54, 1.807) is 30.3 Å². The minimum Gasteiger partial charge on any atom is -0.489 e. The van der Waals surface area contributed by atoms with Crippen LogP contribution in [0.5, 0.6) is 11.5 Å². The third kappa shape index (κ3) is 3.97. The van der Waals surface area contributed by atoms with Crippen LogP contribution in [0.3, 0.4) is 0 Å². The summed E-state index contributed by atoms with van der Waals surface area (Å²) in [5.41, 5.74) is 1.16. The lowest BCUT2D eigenvalue weighted by atomic mass is 10.1. The minimum atomic E-state index is -0.337. The van der Waals surface area contributed by atoms with Crippen LogP contribution < -0.4 is 14.8 Å². The summed E-state index contributed by atoms with van der Waals surface area (Å²) in [5.74, 6) is 0.516. The van der Waals surface area contributed by atoms with Gasteiger partial charge in [0.25, 0.3) is 0 Å². The van der Waals surface area contributed by atoms with Crippen molar-refractivity contribution in [3.8, 4) is 11.5 Å². The zero-order valence-corrected chi connectivity index (χ0v) is 13.7. The third-order valence-corrected chi connectivity index (χ3v) is 3.94. The molecule has 6 heteroatoms. The van der Waals surface area contributed by atoms with E-state index in [0.717, 1.165) is 12.0 Å². The van der Waals surface area contributed by atoms with Gasteiger partial charge in [0.15, 0.2) is 11.5 Å². The van der Waals surface area contributed by atoms with E-state index in [0.29, 0.717) is 35.3 Å². The average molecular weight is 350 g/mol. The Morgan fingerprint density at radius 1 is 1.21 bits per heavy atom. The second kappa shape index (κ2) is 7.53. The number of ether oxygens (including phenoxy) is 2. The Kier molecular flexibility index (Phi) is 5.20. The van der Waals surface area contributed by atoms with Gasteiger partial charge in [0, 0.05) is 18.5 Å². The molecule has 0 unspecified atom stereocenters. The molecule has 0 bridgehead atoms. The summed E-state index contributed by atoms with van der Waals surface area (Å²) in [7, 11) is 0. The van der Waals surface area contributed by atoms with Crippen LogP contribution >= 0.6 is 11.6 Å². The van der Waals surface area contributed by atoms with Crippen molar-refractivity contribution in [1.82, 2.24) is 5.32 Å². The van der Waals surface area contributed by atoms with E-state index in [4.69, 9.17) is 21.1 Å². The zero-order valence-electron chi connectivity index (χ0n) is 13.0. The molecule has 0 radical (unpaired) electrons. The highest BCUT2D eigenvalue weighted by Crippen LogP contribution is 2.38. The van der Waals surface area contributed by atoms with Crippen LogP contribution in [0.4, 0.5) is 4.39 Å². The standard InChI is InChI=1S/C18H17ClFNO3/c19-14-8-12(9-16-18(14)24-7-3-6-23-16)10-17(22)21-11-13-4-1-2-5-15(13)20/h1-2,4-5,8-9H,3,6-7,10-11H2,(H,21,22). The van der Waals surface area contributed by atoms with Crippen LogP contribution in [-0.4, -0.2) is 19.1 Å². The van der Waals surface area contributed by atoms with Crippen molar-refractivity contribution in [3.05, 3.63) is 58.4 Å². The zero-order chi connectivity index (χ0) is 16.9. The van der Waals surface area contributed by atoms with Crippen molar-refractivity contribution in [1.29, 1.82) is 0 Å². The predicted molar refractivity (Wildman–Crippen MR) is 89.0 cm³/mol. The van der Waals surface area contributed by atoms with Crippen LogP contribution in [0.2, 0.25) is 5.02 Å². The lowest BCUT2D eigenvalue weighted by Crippen LogP contribution is -2.25. The molecule has 0 aromatic heterocycles. The molecule has 24 heavy (non-hydrogen) atoms. The second-order valence-electron chi connectivity index (χ2n) is 5.50. The fraction of sp³-hybridized carbons (Fsp3) is 0.278. The van der Waals surface area contributed by atoms with E-state index < -0.39 is 0 Å². The number of fused-ring (bicyclic) bond motifs is 1. The Balaban J connectivity index is 1.65. The molecule has 0 aliphatic carbocycles. The van der Waals surface area contributed by atoms with Gasteiger partial charge in [0.2, 0.25) is 5.91 Å². The summed E-state index contributed by atoms with van der Waals surface area (Å²) in [5, 5.41) is 3.13. The van der Waals surface area contributed by atoms with Crippen LogP contribution in [-0.2, 0) is 17.8 Å². The first-order chi connectivity index (χ1) is 11.6. The number of halogens is 2. The maximum Gasteiger partial charge on any atom is 0.224 e. The van der Waals surface area contributed by atoms with Gasteiger partial charge in [0.05, 0.1) is 24.7 Å². The van der Waals surface area contributed by atoms with Crippen molar-refractivity contribution in [3.63, 3.8) is 0 Å². The Labute approximate surface area is 144 Å². The Bertz CT molecular complexity index is 751. The quantitative estimate of drug-likeness (QED) is 0.919. The molecule has 3 rings (SSSR count). The van der Waals surface area contributed by atoms with E-state index in [9.17, 15) is 9.18 Å². The van der Waals surface area contributed by atoms with Crippen molar-refractivity contribution < 1.29 is 18.7 Å². The summed E-state index contributed by atoms with van der Waals surface area (Å²) >= 11 is 6.21. The SMILES string of the molecule is O=C(Cc1cc(Cl)c2c(c1)OCCCO2)NCc1ccccc1F. The van der Waals surface area contributed by atoms with Gasteiger partial charge in [-0.05, 0) is 23.8 Å². The Morgan fingerprint density at radius 3 is 2.83 bits per heavy atom. The Hall–Kier alpha value is -2.27. The third-order valence-electron chi connectivity index (χ3n) is 3.66. The molecule has 126 valence electrons. The van der Waals surface area contributed by atoms with Crippen molar-refractivity contribution in [2.75, 3.05) is 13.2 Å². The molecule has 0 atom stereocenters. The summed E-state index contributed by atoms with van der Waals surface area (Å²) in [6.07, 6.45) is 0.911. The van der Waals surface area contributed by atoms with Gasteiger partial charge in [0.1, 0.15) is 5.82 Å². The van der Waals surface area contributed by atoms with Gasteiger partial charge in [-0.15, -0.1) is 0 Å². The number of benzene rings is 2. The van der Waals surface area contributed by atoms with Crippen LogP contribution in [0.25, 0.3) is 0 Å². The summed E-state index contributed by atoms with van der Waals surface area (Å²) < 4.78 is 24.7. The predicted octanol–water partition coefficient (Wildman–Crippen LogP) is 3.50. The van der Waals surface area contributed by atoms with Gasteiger partial charge in [-0.3, -0.25) is 4.79 Å². The molecule has 2 aromatic carbocycles. The van der Waals surface area contributed by atoms with Crippen molar-refractivity contribution >= 4 is 17.5 Å². The van der Waals surface area contributed by atoms with Crippen LogP contribution in [0.1, 0.15) is 17.5 Å². The fourth-order valence-corrected chi connectivity index (χ4v) is 2.76. The van der Waals surface area contributed by atoms with Gasteiger partial charge in [-0.1, -0.05) is 29.8 Å². The van der Waals surface area contributed by atoms with Crippen molar-refractivity contribution in [2.45, 2.75) is 19.4 Å². The molecule has 1 amide bonds. The molecule has 2 aromatic rings. The average Bonchev–Trinajstić information content (AvgIpc) is 2.80. The largest absolute Gasteiger partial charge is 0.489 e. The number of nitrogens with one attached hydrogen (secondary N) is 1. The van der Waals surface area contributed by atoms with E-state index in [1.165, 1.54) is 6.07 Å². The number of rotatable bonds is 4. The second-order valence-corrected chi connectivity index (χ2v) is 5.91. The number of amides is 1.